The fraction of sp³-hybridized carbons (Fsp3) is 0.750. The Labute approximate surface area is 153 Å². The van der Waals surface area contributed by atoms with Gasteiger partial charge in [0.15, 0.2) is 0 Å². The zero-order valence-corrected chi connectivity index (χ0v) is 15.7. The van der Waals surface area contributed by atoms with E-state index in [-0.39, 0.29) is 18.2 Å². The average Bonchev–Trinajstić information content (AvgIpc) is 3.26. The molecule has 0 radical (unpaired) electrons. The van der Waals surface area contributed by atoms with Gasteiger partial charge in [0, 0.05) is 43.5 Å². The minimum atomic E-state index is -3.23. The number of fused-ring (bicyclic) bond motifs is 1. The van der Waals surface area contributed by atoms with Crippen LogP contribution in [-0.2, 0) is 15.6 Å². The molecule has 1 aromatic heterocycles. The third-order valence-electron chi connectivity index (χ3n) is 5.90. The molecular formula is C16H25N7O2S. The third kappa shape index (κ3) is 2.84. The monoisotopic (exact) mass is 379 g/mol. The molecule has 26 heavy (non-hydrogen) atoms. The maximum atomic E-state index is 12.1. The van der Waals surface area contributed by atoms with Crippen molar-refractivity contribution in [3.8, 4) is 6.07 Å². The molecule has 142 valence electrons. The molecule has 4 rings (SSSR count). The summed E-state index contributed by atoms with van der Waals surface area (Å²) in [5.74, 6) is 0.529. The Morgan fingerprint density at radius 2 is 2.19 bits per heavy atom. The fourth-order valence-electron chi connectivity index (χ4n) is 4.33. The number of sulfonamides is 1. The summed E-state index contributed by atoms with van der Waals surface area (Å²) >= 11 is 0. The first-order valence-corrected chi connectivity index (χ1v) is 10.7. The van der Waals surface area contributed by atoms with Crippen molar-refractivity contribution in [3.05, 3.63) is 18.0 Å². The lowest BCUT2D eigenvalue weighted by atomic mass is 9.88. The summed E-state index contributed by atoms with van der Waals surface area (Å²) in [5, 5.41) is 24.2. The molecule has 0 bridgehead atoms. The molecule has 0 amide bonds. The summed E-state index contributed by atoms with van der Waals surface area (Å²) in [7, 11) is -3.23. The molecule has 3 N–H and O–H groups in total. The SMILES string of the molecule is CCS(=O)(=O)N1CC(CC#N)(n2cc(C3NCNC4NCCC43)cn2)C1. The van der Waals surface area contributed by atoms with Gasteiger partial charge in [0.1, 0.15) is 5.54 Å². The normalized spacial score (nSPS) is 31.2. The van der Waals surface area contributed by atoms with Gasteiger partial charge in [0.25, 0.3) is 0 Å². The molecule has 0 aliphatic carbocycles. The number of rotatable bonds is 5. The van der Waals surface area contributed by atoms with E-state index in [0.29, 0.717) is 25.2 Å². The van der Waals surface area contributed by atoms with Gasteiger partial charge in [-0.15, -0.1) is 0 Å². The molecule has 4 heterocycles. The summed E-state index contributed by atoms with van der Waals surface area (Å²) in [5.41, 5.74) is 0.537. The zero-order chi connectivity index (χ0) is 18.4. The Kier molecular flexibility index (Phi) is 4.53. The van der Waals surface area contributed by atoms with Crippen LogP contribution in [0, 0.1) is 17.2 Å². The van der Waals surface area contributed by atoms with E-state index in [1.165, 1.54) is 4.31 Å². The molecule has 1 aromatic rings. The lowest BCUT2D eigenvalue weighted by Crippen LogP contribution is -2.64. The fourth-order valence-corrected chi connectivity index (χ4v) is 5.57. The smallest absolute Gasteiger partial charge is 0.213 e. The van der Waals surface area contributed by atoms with Crippen LogP contribution in [0.4, 0.5) is 0 Å². The van der Waals surface area contributed by atoms with E-state index in [0.717, 1.165) is 25.2 Å². The highest BCUT2D eigenvalue weighted by Gasteiger charge is 2.50. The maximum absolute atomic E-state index is 12.1. The van der Waals surface area contributed by atoms with E-state index < -0.39 is 15.6 Å². The number of hydrogen-bond acceptors (Lipinski definition) is 7. The predicted molar refractivity (Wildman–Crippen MR) is 95.2 cm³/mol. The summed E-state index contributed by atoms with van der Waals surface area (Å²) in [6, 6.07) is 2.41. The number of nitrogens with one attached hydrogen (secondary N) is 3. The molecule has 3 unspecified atom stereocenters. The summed E-state index contributed by atoms with van der Waals surface area (Å²) in [6.45, 7) is 3.99. The van der Waals surface area contributed by atoms with Crippen molar-refractivity contribution in [1.29, 1.82) is 5.26 Å². The number of hydrogen-bond donors (Lipinski definition) is 3. The Balaban J connectivity index is 1.55. The minimum Gasteiger partial charge on any atom is -0.302 e. The molecule has 3 aliphatic rings. The summed E-state index contributed by atoms with van der Waals surface area (Å²) in [4.78, 5) is 0. The van der Waals surface area contributed by atoms with Gasteiger partial charge in [-0.25, -0.2) is 8.42 Å². The molecule has 0 aromatic carbocycles. The highest BCUT2D eigenvalue weighted by molar-refractivity contribution is 7.89. The van der Waals surface area contributed by atoms with Crippen LogP contribution in [0.2, 0.25) is 0 Å². The molecule has 3 atom stereocenters. The van der Waals surface area contributed by atoms with Crippen LogP contribution in [0.1, 0.15) is 31.4 Å². The molecule has 0 saturated carbocycles. The first kappa shape index (κ1) is 17.9. The first-order chi connectivity index (χ1) is 12.5. The van der Waals surface area contributed by atoms with Gasteiger partial charge in [-0.3, -0.25) is 15.3 Å². The highest BCUT2D eigenvalue weighted by Crippen LogP contribution is 2.36. The van der Waals surface area contributed by atoms with E-state index in [1.54, 1.807) is 6.92 Å². The molecule has 10 heteroatoms. The third-order valence-corrected chi connectivity index (χ3v) is 7.67. The Bertz CT molecular complexity index is 809. The second kappa shape index (κ2) is 6.58. The van der Waals surface area contributed by atoms with Crippen molar-refractivity contribution in [2.24, 2.45) is 5.92 Å². The van der Waals surface area contributed by atoms with Crippen molar-refractivity contribution in [1.82, 2.24) is 30.0 Å². The number of nitrogens with zero attached hydrogens (tertiary/aromatic N) is 4. The first-order valence-electron chi connectivity index (χ1n) is 9.09. The van der Waals surface area contributed by atoms with Gasteiger partial charge in [-0.1, -0.05) is 0 Å². The van der Waals surface area contributed by atoms with Gasteiger partial charge >= 0.3 is 0 Å². The van der Waals surface area contributed by atoms with Gasteiger partial charge in [-0.2, -0.15) is 14.7 Å². The van der Waals surface area contributed by atoms with Crippen molar-refractivity contribution < 1.29 is 8.42 Å². The van der Waals surface area contributed by atoms with E-state index in [1.807, 2.05) is 17.1 Å². The number of aromatic nitrogens is 2. The molecule has 0 spiro atoms. The van der Waals surface area contributed by atoms with E-state index in [2.05, 4.69) is 27.1 Å². The summed E-state index contributed by atoms with van der Waals surface area (Å²) in [6.07, 6.45) is 5.50. The van der Waals surface area contributed by atoms with Crippen LogP contribution in [0.15, 0.2) is 12.4 Å². The number of nitriles is 1. The van der Waals surface area contributed by atoms with E-state index >= 15 is 0 Å². The Hall–Kier alpha value is -1.51. The van der Waals surface area contributed by atoms with Crippen molar-refractivity contribution in [2.45, 2.75) is 37.5 Å². The maximum Gasteiger partial charge on any atom is 0.213 e. The summed E-state index contributed by atoms with van der Waals surface area (Å²) < 4.78 is 27.4. The van der Waals surface area contributed by atoms with Crippen LogP contribution < -0.4 is 16.0 Å². The van der Waals surface area contributed by atoms with Crippen LogP contribution >= 0.6 is 0 Å². The van der Waals surface area contributed by atoms with Crippen LogP contribution in [0.3, 0.4) is 0 Å². The zero-order valence-electron chi connectivity index (χ0n) is 14.9. The topological polar surface area (TPSA) is 115 Å². The van der Waals surface area contributed by atoms with Crippen LogP contribution in [0.5, 0.6) is 0 Å². The van der Waals surface area contributed by atoms with Crippen molar-refractivity contribution in [3.63, 3.8) is 0 Å². The second-order valence-electron chi connectivity index (χ2n) is 7.39. The predicted octanol–water partition coefficient (Wildman–Crippen LogP) is -0.716. The molecule has 9 nitrogen and oxygen atoms in total. The lowest BCUT2D eigenvalue weighted by molar-refractivity contribution is 0.0716. The molecule has 3 fully saturated rings. The lowest BCUT2D eigenvalue weighted by Gasteiger charge is -2.47. The average molecular weight is 379 g/mol. The molecule has 3 saturated heterocycles. The second-order valence-corrected chi connectivity index (χ2v) is 9.65. The molecule has 3 aliphatic heterocycles. The van der Waals surface area contributed by atoms with Gasteiger partial charge < -0.3 is 5.32 Å². The Morgan fingerprint density at radius 3 is 2.92 bits per heavy atom. The van der Waals surface area contributed by atoms with Crippen LogP contribution in [0.25, 0.3) is 0 Å². The largest absolute Gasteiger partial charge is 0.302 e. The quantitative estimate of drug-likeness (QED) is 0.619. The Morgan fingerprint density at radius 1 is 1.38 bits per heavy atom. The van der Waals surface area contributed by atoms with E-state index in [9.17, 15) is 13.7 Å². The standard InChI is InChI=1S/C16H25N7O2S/c1-2-26(24,25)22-9-16(10-22,4-5-17)23-8-12(7-21-23)14-13-3-6-18-15(13)20-11-19-14/h7-8,13-15,18-20H,2-4,6,9-11H2,1H3. The van der Waals surface area contributed by atoms with Gasteiger partial charge in [0.05, 0.1) is 30.6 Å². The van der Waals surface area contributed by atoms with Crippen molar-refractivity contribution >= 4 is 10.0 Å². The van der Waals surface area contributed by atoms with E-state index in [4.69, 9.17) is 0 Å². The van der Waals surface area contributed by atoms with Crippen LogP contribution in [-0.4, -0.2) is 60.7 Å². The van der Waals surface area contributed by atoms with Crippen molar-refractivity contribution in [2.75, 3.05) is 32.1 Å². The molecular weight excluding hydrogens is 354 g/mol. The van der Waals surface area contributed by atoms with Gasteiger partial charge in [0.2, 0.25) is 10.0 Å². The van der Waals surface area contributed by atoms with Gasteiger partial charge in [-0.05, 0) is 19.9 Å². The highest BCUT2D eigenvalue weighted by atomic mass is 32.2. The minimum absolute atomic E-state index is 0.0784.